The highest BCUT2D eigenvalue weighted by atomic mass is 16.6. The third-order valence-corrected chi connectivity index (χ3v) is 3.09. The Morgan fingerprint density at radius 2 is 1.57 bits per heavy atom. The van der Waals surface area contributed by atoms with Crippen molar-refractivity contribution in [2.75, 3.05) is 19.6 Å². The molecule has 1 atom stereocenters. The van der Waals surface area contributed by atoms with Crippen LogP contribution in [-0.4, -0.2) is 58.9 Å². The van der Waals surface area contributed by atoms with Gasteiger partial charge in [-0.1, -0.05) is 0 Å². The van der Waals surface area contributed by atoms with Crippen LogP contribution in [0, 0.1) is 11.3 Å². The molecule has 0 saturated carbocycles. The maximum absolute atomic E-state index is 12.3. The Hall–Kier alpha value is -1.97. The summed E-state index contributed by atoms with van der Waals surface area (Å²) in [6.45, 7) is 11.7. The molecule has 0 N–H and O–H groups in total. The summed E-state index contributed by atoms with van der Waals surface area (Å²) in [6, 6.07) is 1.67. The molecule has 130 valence electrons. The molecule has 1 unspecified atom stereocenters. The summed E-state index contributed by atoms with van der Waals surface area (Å²) in [5, 5.41) is 9.00. The minimum absolute atomic E-state index is 0.137. The predicted molar refractivity (Wildman–Crippen MR) is 84.8 cm³/mol. The second-order valence-corrected chi connectivity index (χ2v) is 7.62. The largest absolute Gasteiger partial charge is 0.444 e. The molecule has 0 aromatic rings. The SMILES string of the molecule is CC(C)(C)OC(=O)N1CCN(C(=O)OC(C)(C)C)C(CC#N)C1. The van der Waals surface area contributed by atoms with Gasteiger partial charge in [0.1, 0.15) is 11.2 Å². The zero-order chi connectivity index (χ0) is 17.8. The van der Waals surface area contributed by atoms with Gasteiger partial charge >= 0.3 is 12.2 Å². The number of carbonyl (C=O) groups excluding carboxylic acids is 2. The fourth-order valence-corrected chi connectivity index (χ4v) is 2.19. The quantitative estimate of drug-likeness (QED) is 0.740. The molecule has 0 aliphatic carbocycles. The monoisotopic (exact) mass is 325 g/mol. The molecule has 7 heteroatoms. The molecule has 23 heavy (non-hydrogen) atoms. The Morgan fingerprint density at radius 3 is 2.04 bits per heavy atom. The van der Waals surface area contributed by atoms with Crippen LogP contribution in [0.4, 0.5) is 9.59 Å². The van der Waals surface area contributed by atoms with E-state index < -0.39 is 29.4 Å². The summed E-state index contributed by atoms with van der Waals surface area (Å²) in [7, 11) is 0. The minimum atomic E-state index is -0.601. The van der Waals surface area contributed by atoms with Crippen molar-refractivity contribution in [2.45, 2.75) is 65.2 Å². The van der Waals surface area contributed by atoms with Crippen molar-refractivity contribution in [1.82, 2.24) is 9.80 Å². The highest BCUT2D eigenvalue weighted by Gasteiger charge is 2.36. The van der Waals surface area contributed by atoms with E-state index in [0.717, 1.165) is 0 Å². The average molecular weight is 325 g/mol. The number of ether oxygens (including phenoxy) is 2. The molecule has 1 heterocycles. The Balaban J connectivity index is 2.76. The molecule has 1 fully saturated rings. The summed E-state index contributed by atoms with van der Waals surface area (Å²) in [5.41, 5.74) is -1.18. The van der Waals surface area contributed by atoms with Gasteiger partial charge < -0.3 is 19.3 Å². The Labute approximate surface area is 138 Å². The van der Waals surface area contributed by atoms with Crippen molar-refractivity contribution in [1.29, 1.82) is 5.26 Å². The van der Waals surface area contributed by atoms with E-state index in [4.69, 9.17) is 14.7 Å². The maximum atomic E-state index is 12.3. The van der Waals surface area contributed by atoms with Crippen LogP contribution in [0.15, 0.2) is 0 Å². The minimum Gasteiger partial charge on any atom is -0.444 e. The summed E-state index contributed by atoms with van der Waals surface area (Å²) in [4.78, 5) is 27.5. The van der Waals surface area contributed by atoms with Gasteiger partial charge in [0.25, 0.3) is 0 Å². The maximum Gasteiger partial charge on any atom is 0.410 e. The molecule has 1 saturated heterocycles. The van der Waals surface area contributed by atoms with Gasteiger partial charge in [-0.25, -0.2) is 9.59 Å². The van der Waals surface area contributed by atoms with E-state index >= 15 is 0 Å². The van der Waals surface area contributed by atoms with Gasteiger partial charge in [0.05, 0.1) is 18.5 Å². The highest BCUT2D eigenvalue weighted by molar-refractivity contribution is 5.71. The van der Waals surface area contributed by atoms with Crippen LogP contribution in [0.3, 0.4) is 0 Å². The molecule has 2 amide bonds. The van der Waals surface area contributed by atoms with Crippen LogP contribution in [0.25, 0.3) is 0 Å². The molecule has 7 nitrogen and oxygen atoms in total. The van der Waals surface area contributed by atoms with Gasteiger partial charge in [0, 0.05) is 19.6 Å². The zero-order valence-corrected chi connectivity index (χ0v) is 14.9. The lowest BCUT2D eigenvalue weighted by Gasteiger charge is -2.41. The van der Waals surface area contributed by atoms with Crippen molar-refractivity contribution in [3.63, 3.8) is 0 Å². The average Bonchev–Trinajstić information content (AvgIpc) is 2.34. The molecule has 1 aliphatic heterocycles. The number of carbonyl (C=O) groups is 2. The highest BCUT2D eigenvalue weighted by Crippen LogP contribution is 2.19. The summed E-state index contributed by atoms with van der Waals surface area (Å²) >= 11 is 0. The number of hydrogen-bond acceptors (Lipinski definition) is 5. The molecule has 1 aliphatic rings. The topological polar surface area (TPSA) is 82.9 Å². The third-order valence-electron chi connectivity index (χ3n) is 3.09. The van der Waals surface area contributed by atoms with Gasteiger partial charge in [-0.3, -0.25) is 0 Å². The third kappa shape index (κ3) is 6.35. The number of rotatable bonds is 1. The van der Waals surface area contributed by atoms with Gasteiger partial charge in [0.2, 0.25) is 0 Å². The lowest BCUT2D eigenvalue weighted by molar-refractivity contribution is -0.0140. The van der Waals surface area contributed by atoms with Gasteiger partial charge in [-0.2, -0.15) is 5.26 Å². The van der Waals surface area contributed by atoms with E-state index in [0.29, 0.717) is 13.1 Å². The van der Waals surface area contributed by atoms with Gasteiger partial charge in [-0.05, 0) is 41.5 Å². The first kappa shape index (κ1) is 19.1. The Bertz CT molecular complexity index is 485. The van der Waals surface area contributed by atoms with Crippen LogP contribution in [0.2, 0.25) is 0 Å². The first-order valence-corrected chi connectivity index (χ1v) is 7.77. The summed E-state index contributed by atoms with van der Waals surface area (Å²) < 4.78 is 10.7. The van der Waals surface area contributed by atoms with E-state index in [1.165, 1.54) is 9.80 Å². The smallest absolute Gasteiger partial charge is 0.410 e. The number of piperazine rings is 1. The van der Waals surface area contributed by atoms with Crippen molar-refractivity contribution < 1.29 is 19.1 Å². The first-order valence-electron chi connectivity index (χ1n) is 7.77. The summed E-state index contributed by atoms with van der Waals surface area (Å²) in [6.07, 6.45) is -0.746. The number of nitrogens with zero attached hydrogens (tertiary/aromatic N) is 3. The molecule has 1 rings (SSSR count). The van der Waals surface area contributed by atoms with E-state index in [2.05, 4.69) is 6.07 Å². The molecule has 0 spiro atoms. The number of hydrogen-bond donors (Lipinski definition) is 0. The fraction of sp³-hybridized carbons (Fsp3) is 0.812. The summed E-state index contributed by atoms with van der Waals surface area (Å²) in [5.74, 6) is 0. The molecule has 0 bridgehead atoms. The second kappa shape index (κ2) is 7.07. The zero-order valence-electron chi connectivity index (χ0n) is 14.9. The van der Waals surface area contributed by atoms with Crippen molar-refractivity contribution >= 4 is 12.2 Å². The lowest BCUT2D eigenvalue weighted by atomic mass is 10.1. The van der Waals surface area contributed by atoms with E-state index in [1.807, 2.05) is 0 Å². The van der Waals surface area contributed by atoms with Crippen LogP contribution in [0.1, 0.15) is 48.0 Å². The van der Waals surface area contributed by atoms with Crippen LogP contribution in [0.5, 0.6) is 0 Å². The van der Waals surface area contributed by atoms with Gasteiger partial charge in [0.15, 0.2) is 0 Å². The van der Waals surface area contributed by atoms with Crippen molar-refractivity contribution in [3.05, 3.63) is 0 Å². The van der Waals surface area contributed by atoms with Crippen LogP contribution >= 0.6 is 0 Å². The predicted octanol–water partition coefficient (Wildman–Crippen LogP) is 2.76. The van der Waals surface area contributed by atoms with E-state index in [-0.39, 0.29) is 13.0 Å². The number of amides is 2. The molecular formula is C16H27N3O4. The Kier molecular flexibility index (Phi) is 5.86. The lowest BCUT2D eigenvalue weighted by Crippen LogP contribution is -2.57. The first-order chi connectivity index (χ1) is 10.4. The molecular weight excluding hydrogens is 298 g/mol. The fourth-order valence-electron chi connectivity index (χ4n) is 2.19. The van der Waals surface area contributed by atoms with Crippen molar-refractivity contribution in [2.24, 2.45) is 0 Å². The van der Waals surface area contributed by atoms with Crippen molar-refractivity contribution in [3.8, 4) is 6.07 Å². The number of nitriles is 1. The normalized spacial score (nSPS) is 19.1. The van der Waals surface area contributed by atoms with Gasteiger partial charge in [-0.15, -0.1) is 0 Å². The van der Waals surface area contributed by atoms with Crippen LogP contribution in [-0.2, 0) is 9.47 Å². The molecule has 0 aromatic heterocycles. The Morgan fingerprint density at radius 1 is 1.04 bits per heavy atom. The second-order valence-electron chi connectivity index (χ2n) is 7.62. The van der Waals surface area contributed by atoms with E-state index in [9.17, 15) is 9.59 Å². The standard InChI is InChI=1S/C16H27N3O4/c1-15(2,3)22-13(20)18-9-10-19(12(11-18)7-8-17)14(21)23-16(4,5)6/h12H,7,9-11H2,1-6H3. The van der Waals surface area contributed by atoms with E-state index in [1.54, 1.807) is 41.5 Å². The molecule has 0 aromatic carbocycles. The molecule has 0 radical (unpaired) electrons. The van der Waals surface area contributed by atoms with Crippen LogP contribution < -0.4 is 0 Å².